The van der Waals surface area contributed by atoms with Crippen LogP contribution in [0.25, 0.3) is 0 Å². The van der Waals surface area contributed by atoms with Crippen molar-refractivity contribution >= 4 is 19.8 Å². The SMILES string of the molecule is CCCCCCCC/C=C/CCCCCCCCCCCCCC(=O)OC[C@@H](COP(=O)(O)OCCN)OC(=O)CCCCCCCCCC. The molecule has 296 valence electrons. The van der Waals surface area contributed by atoms with Gasteiger partial charge in [-0.15, -0.1) is 0 Å². The Labute approximate surface area is 307 Å². The number of rotatable bonds is 39. The monoisotopic (exact) mass is 732 g/mol. The van der Waals surface area contributed by atoms with Crippen LogP contribution in [0.5, 0.6) is 0 Å². The zero-order chi connectivity index (χ0) is 36.8. The second-order valence-electron chi connectivity index (χ2n) is 13.9. The summed E-state index contributed by atoms with van der Waals surface area (Å²) in [6.07, 6.45) is 36.9. The number of hydrogen-bond donors (Lipinski definition) is 2. The molecule has 0 aromatic heterocycles. The Morgan fingerprint density at radius 1 is 0.580 bits per heavy atom. The number of phosphoric ester groups is 1. The van der Waals surface area contributed by atoms with Crippen LogP contribution in [0.3, 0.4) is 0 Å². The molecular formula is C40H78NO8P. The molecule has 10 heteroatoms. The second-order valence-corrected chi connectivity index (χ2v) is 15.3. The maximum Gasteiger partial charge on any atom is 0.472 e. The zero-order valence-electron chi connectivity index (χ0n) is 32.4. The third kappa shape index (κ3) is 36.5. The Bertz CT molecular complexity index is 840. The van der Waals surface area contributed by atoms with Gasteiger partial charge in [0.2, 0.25) is 0 Å². The highest BCUT2D eigenvalue weighted by Crippen LogP contribution is 2.43. The Morgan fingerprint density at radius 2 is 0.980 bits per heavy atom. The van der Waals surface area contributed by atoms with Gasteiger partial charge in [-0.3, -0.25) is 18.6 Å². The second kappa shape index (κ2) is 37.5. The van der Waals surface area contributed by atoms with Crippen LogP contribution in [0.2, 0.25) is 0 Å². The molecule has 0 heterocycles. The van der Waals surface area contributed by atoms with Crippen LogP contribution >= 0.6 is 7.82 Å². The van der Waals surface area contributed by atoms with Crippen molar-refractivity contribution in [3.05, 3.63) is 12.2 Å². The van der Waals surface area contributed by atoms with Gasteiger partial charge in [0.05, 0.1) is 13.2 Å². The van der Waals surface area contributed by atoms with Crippen molar-refractivity contribution < 1.29 is 37.6 Å². The van der Waals surface area contributed by atoms with E-state index in [9.17, 15) is 19.0 Å². The van der Waals surface area contributed by atoms with Crippen LogP contribution in [0, 0.1) is 0 Å². The van der Waals surface area contributed by atoms with E-state index in [1.165, 1.54) is 128 Å². The summed E-state index contributed by atoms with van der Waals surface area (Å²) in [5.41, 5.74) is 5.33. The molecule has 0 spiro atoms. The lowest BCUT2D eigenvalue weighted by Gasteiger charge is -2.19. The van der Waals surface area contributed by atoms with Crippen LogP contribution in [-0.2, 0) is 32.7 Å². The Kier molecular flexibility index (Phi) is 36.6. The predicted octanol–water partition coefficient (Wildman–Crippen LogP) is 11.4. The van der Waals surface area contributed by atoms with Gasteiger partial charge in [0, 0.05) is 19.4 Å². The first-order valence-electron chi connectivity index (χ1n) is 20.7. The molecule has 0 saturated heterocycles. The molecule has 0 aliphatic heterocycles. The van der Waals surface area contributed by atoms with E-state index in [-0.39, 0.29) is 38.6 Å². The molecule has 0 radical (unpaired) electrons. The van der Waals surface area contributed by atoms with Gasteiger partial charge in [-0.25, -0.2) is 4.57 Å². The molecule has 50 heavy (non-hydrogen) atoms. The summed E-state index contributed by atoms with van der Waals surface area (Å²) in [6, 6.07) is 0. The van der Waals surface area contributed by atoms with Crippen LogP contribution in [0.4, 0.5) is 0 Å². The molecule has 1 unspecified atom stereocenters. The zero-order valence-corrected chi connectivity index (χ0v) is 33.3. The molecular weight excluding hydrogens is 653 g/mol. The van der Waals surface area contributed by atoms with E-state index in [0.29, 0.717) is 6.42 Å². The lowest BCUT2D eigenvalue weighted by Crippen LogP contribution is -2.29. The average molecular weight is 732 g/mol. The molecule has 0 aromatic rings. The van der Waals surface area contributed by atoms with Crippen LogP contribution in [0.15, 0.2) is 12.2 Å². The number of allylic oxidation sites excluding steroid dienone is 2. The fourth-order valence-corrected chi connectivity index (χ4v) is 6.57. The number of esters is 2. The van der Waals surface area contributed by atoms with Crippen molar-refractivity contribution in [3.63, 3.8) is 0 Å². The minimum Gasteiger partial charge on any atom is -0.462 e. The normalized spacial score (nSPS) is 13.4. The molecule has 0 aliphatic carbocycles. The maximum absolute atomic E-state index is 12.4. The van der Waals surface area contributed by atoms with Crippen molar-refractivity contribution in [1.82, 2.24) is 0 Å². The third-order valence-electron chi connectivity index (χ3n) is 8.90. The molecule has 0 aliphatic rings. The number of nitrogens with two attached hydrogens (primary N) is 1. The smallest absolute Gasteiger partial charge is 0.462 e. The number of hydrogen-bond acceptors (Lipinski definition) is 8. The first-order chi connectivity index (χ1) is 24.3. The highest BCUT2D eigenvalue weighted by molar-refractivity contribution is 7.47. The van der Waals surface area contributed by atoms with Crippen molar-refractivity contribution in [2.75, 3.05) is 26.4 Å². The van der Waals surface area contributed by atoms with Crippen LogP contribution < -0.4 is 5.73 Å². The first kappa shape index (κ1) is 48.8. The summed E-state index contributed by atoms with van der Waals surface area (Å²) in [5, 5.41) is 0. The Morgan fingerprint density at radius 3 is 1.42 bits per heavy atom. The van der Waals surface area contributed by atoms with Crippen molar-refractivity contribution in [2.45, 2.75) is 206 Å². The fraction of sp³-hybridized carbons (Fsp3) is 0.900. The van der Waals surface area contributed by atoms with E-state index in [1.54, 1.807) is 0 Å². The molecule has 0 saturated carbocycles. The summed E-state index contributed by atoms with van der Waals surface area (Å²) in [7, 11) is -4.36. The Hall–Kier alpha value is -1.25. The van der Waals surface area contributed by atoms with Gasteiger partial charge in [0.1, 0.15) is 6.61 Å². The van der Waals surface area contributed by atoms with E-state index in [4.69, 9.17) is 24.3 Å². The summed E-state index contributed by atoms with van der Waals surface area (Å²) in [6.45, 7) is 3.70. The maximum atomic E-state index is 12.4. The molecule has 0 rings (SSSR count). The highest BCUT2D eigenvalue weighted by Gasteiger charge is 2.26. The van der Waals surface area contributed by atoms with E-state index in [0.717, 1.165) is 38.5 Å². The van der Waals surface area contributed by atoms with E-state index in [2.05, 4.69) is 26.0 Å². The van der Waals surface area contributed by atoms with Gasteiger partial charge in [0.15, 0.2) is 6.10 Å². The Balaban J connectivity index is 4.00. The summed E-state index contributed by atoms with van der Waals surface area (Å²) < 4.78 is 32.6. The van der Waals surface area contributed by atoms with Crippen LogP contribution in [-0.4, -0.2) is 49.3 Å². The van der Waals surface area contributed by atoms with Crippen molar-refractivity contribution in [2.24, 2.45) is 5.73 Å². The average Bonchev–Trinajstić information content (AvgIpc) is 3.10. The molecule has 2 atom stereocenters. The lowest BCUT2D eigenvalue weighted by atomic mass is 10.0. The number of phosphoric acid groups is 1. The van der Waals surface area contributed by atoms with Crippen LogP contribution in [0.1, 0.15) is 200 Å². The number of unbranched alkanes of at least 4 members (excludes halogenated alkanes) is 24. The number of carbonyl (C=O) groups excluding carboxylic acids is 2. The van der Waals surface area contributed by atoms with Gasteiger partial charge in [-0.1, -0.05) is 161 Å². The van der Waals surface area contributed by atoms with Gasteiger partial charge < -0.3 is 20.1 Å². The van der Waals surface area contributed by atoms with Gasteiger partial charge in [-0.2, -0.15) is 0 Å². The van der Waals surface area contributed by atoms with Crippen molar-refractivity contribution in [1.29, 1.82) is 0 Å². The van der Waals surface area contributed by atoms with E-state index in [1.807, 2.05) is 0 Å². The molecule has 0 amide bonds. The quantitative estimate of drug-likeness (QED) is 0.0274. The number of carbonyl (C=O) groups is 2. The molecule has 0 bridgehead atoms. The van der Waals surface area contributed by atoms with Gasteiger partial charge in [0.25, 0.3) is 0 Å². The topological polar surface area (TPSA) is 134 Å². The molecule has 3 N–H and O–H groups in total. The fourth-order valence-electron chi connectivity index (χ4n) is 5.81. The highest BCUT2D eigenvalue weighted by atomic mass is 31.2. The minimum atomic E-state index is -4.36. The molecule has 9 nitrogen and oxygen atoms in total. The van der Waals surface area contributed by atoms with Crippen molar-refractivity contribution in [3.8, 4) is 0 Å². The van der Waals surface area contributed by atoms with Gasteiger partial charge >= 0.3 is 19.8 Å². The predicted molar refractivity (Wildman–Crippen MR) is 206 cm³/mol. The first-order valence-corrected chi connectivity index (χ1v) is 22.2. The summed E-state index contributed by atoms with van der Waals surface area (Å²) >= 11 is 0. The summed E-state index contributed by atoms with van der Waals surface area (Å²) in [5.74, 6) is -0.827. The lowest BCUT2D eigenvalue weighted by molar-refractivity contribution is -0.161. The minimum absolute atomic E-state index is 0.0559. The number of ether oxygens (including phenoxy) is 2. The van der Waals surface area contributed by atoms with Gasteiger partial charge in [-0.05, 0) is 38.5 Å². The third-order valence-corrected chi connectivity index (χ3v) is 9.89. The molecule has 0 aromatic carbocycles. The van der Waals surface area contributed by atoms with E-state index >= 15 is 0 Å². The van der Waals surface area contributed by atoms with E-state index < -0.39 is 26.5 Å². The summed E-state index contributed by atoms with van der Waals surface area (Å²) in [4.78, 5) is 34.6. The molecule has 0 fully saturated rings. The largest absolute Gasteiger partial charge is 0.472 e. The standard InChI is InChI=1S/C40H78NO8P/c1-3-5-7-9-11-13-14-15-16-17-18-19-20-21-22-23-24-25-27-28-30-32-39(42)46-36-38(37-48-50(44,45)47-35-34-41)49-40(43)33-31-29-26-12-10-8-6-4-2/h15-16,38H,3-14,17-37,41H2,1-2H3,(H,44,45)/b16-15+/t38-/m0/s1.